The minimum absolute atomic E-state index is 0.170. The molecule has 2 heterocycles. The van der Waals surface area contributed by atoms with Crippen LogP contribution in [0.15, 0.2) is 18.5 Å². The molecule has 1 saturated heterocycles. The maximum atomic E-state index is 11.0. The monoisotopic (exact) mass is 219 g/mol. The summed E-state index contributed by atoms with van der Waals surface area (Å²) in [6.45, 7) is 3.68. The van der Waals surface area contributed by atoms with E-state index in [2.05, 4.69) is 21.7 Å². The van der Waals surface area contributed by atoms with Crippen molar-refractivity contribution in [1.82, 2.24) is 15.6 Å². The summed E-state index contributed by atoms with van der Waals surface area (Å²) in [4.78, 5) is 15.1. The zero-order valence-electron chi connectivity index (χ0n) is 9.49. The van der Waals surface area contributed by atoms with Gasteiger partial charge in [-0.3, -0.25) is 9.78 Å². The molecular formula is C12H17N3O. The van der Waals surface area contributed by atoms with Crippen LogP contribution < -0.4 is 10.6 Å². The van der Waals surface area contributed by atoms with Crippen LogP contribution in [0.5, 0.6) is 0 Å². The molecule has 86 valence electrons. The average molecular weight is 219 g/mol. The van der Waals surface area contributed by atoms with Crippen molar-refractivity contribution in [2.75, 3.05) is 6.54 Å². The molecule has 2 rings (SSSR count). The van der Waals surface area contributed by atoms with Gasteiger partial charge >= 0.3 is 0 Å². The van der Waals surface area contributed by atoms with E-state index in [0.717, 1.165) is 19.5 Å². The van der Waals surface area contributed by atoms with Crippen molar-refractivity contribution in [2.24, 2.45) is 0 Å². The van der Waals surface area contributed by atoms with Crippen molar-refractivity contribution in [1.29, 1.82) is 0 Å². The molecular weight excluding hydrogens is 202 g/mol. The summed E-state index contributed by atoms with van der Waals surface area (Å²) >= 11 is 0. The van der Waals surface area contributed by atoms with Crippen LogP contribution in [-0.4, -0.2) is 23.5 Å². The third-order valence-corrected chi connectivity index (χ3v) is 2.74. The minimum atomic E-state index is 0.170. The van der Waals surface area contributed by atoms with Crippen LogP contribution in [-0.2, 0) is 11.3 Å². The second-order valence-electron chi connectivity index (χ2n) is 4.30. The van der Waals surface area contributed by atoms with Crippen molar-refractivity contribution in [2.45, 2.75) is 32.4 Å². The van der Waals surface area contributed by atoms with Crippen molar-refractivity contribution in [3.8, 4) is 0 Å². The molecule has 1 aromatic rings. The summed E-state index contributed by atoms with van der Waals surface area (Å²) < 4.78 is 0. The smallest absolute Gasteiger partial charge is 0.220 e. The lowest BCUT2D eigenvalue weighted by Gasteiger charge is -2.11. The molecule has 1 aliphatic rings. The third kappa shape index (κ3) is 3.03. The molecule has 4 heteroatoms. The lowest BCUT2D eigenvalue weighted by atomic mass is 10.2. The minimum Gasteiger partial charge on any atom is -0.352 e. The molecule has 1 fully saturated rings. The summed E-state index contributed by atoms with van der Waals surface area (Å²) in [5, 5.41) is 6.27. The van der Waals surface area contributed by atoms with E-state index >= 15 is 0 Å². The van der Waals surface area contributed by atoms with E-state index in [1.807, 2.05) is 19.3 Å². The number of nitrogens with zero attached hydrogens (tertiary/aromatic N) is 1. The molecule has 1 aromatic heterocycles. The van der Waals surface area contributed by atoms with E-state index in [1.54, 1.807) is 0 Å². The normalized spacial score (nSPS) is 19.8. The van der Waals surface area contributed by atoms with Crippen LogP contribution in [0.1, 0.15) is 24.0 Å². The predicted octanol–water partition coefficient (Wildman–Crippen LogP) is 0.758. The average Bonchev–Trinajstić information content (AvgIpc) is 2.64. The van der Waals surface area contributed by atoms with Crippen LogP contribution in [0, 0.1) is 6.92 Å². The number of hydrogen-bond acceptors (Lipinski definition) is 3. The van der Waals surface area contributed by atoms with Gasteiger partial charge in [-0.25, -0.2) is 0 Å². The molecule has 0 aliphatic carbocycles. The largest absolute Gasteiger partial charge is 0.352 e. The molecule has 0 radical (unpaired) electrons. The second-order valence-corrected chi connectivity index (χ2v) is 4.30. The summed E-state index contributed by atoms with van der Waals surface area (Å²) in [6, 6.07) is 2.41. The van der Waals surface area contributed by atoms with Crippen LogP contribution in [0.3, 0.4) is 0 Å². The number of aromatic nitrogens is 1. The zero-order chi connectivity index (χ0) is 11.4. The Balaban J connectivity index is 1.74. The first-order valence-corrected chi connectivity index (χ1v) is 5.64. The van der Waals surface area contributed by atoms with Crippen LogP contribution >= 0.6 is 0 Å². The van der Waals surface area contributed by atoms with Gasteiger partial charge in [-0.15, -0.1) is 0 Å². The number of pyridine rings is 1. The topological polar surface area (TPSA) is 54.0 Å². The fraction of sp³-hybridized carbons (Fsp3) is 0.500. The van der Waals surface area contributed by atoms with E-state index in [9.17, 15) is 4.79 Å². The molecule has 0 bridgehead atoms. The van der Waals surface area contributed by atoms with Gasteiger partial charge in [-0.05, 0) is 24.5 Å². The molecule has 1 amide bonds. The Morgan fingerprint density at radius 2 is 2.44 bits per heavy atom. The number of nitrogens with one attached hydrogen (secondary N) is 2. The fourth-order valence-electron chi connectivity index (χ4n) is 1.94. The first-order valence-electron chi connectivity index (χ1n) is 5.64. The van der Waals surface area contributed by atoms with Gasteiger partial charge in [0.1, 0.15) is 0 Å². The van der Waals surface area contributed by atoms with Crippen LogP contribution in [0.2, 0.25) is 0 Å². The Morgan fingerprint density at radius 3 is 3.12 bits per heavy atom. The van der Waals surface area contributed by atoms with Gasteiger partial charge in [0.2, 0.25) is 5.91 Å². The summed E-state index contributed by atoms with van der Waals surface area (Å²) in [7, 11) is 0. The number of carbonyl (C=O) groups excluding carboxylic acids is 1. The van der Waals surface area contributed by atoms with E-state index in [0.29, 0.717) is 12.5 Å². The standard InChI is InChI=1S/C12H17N3O/c1-9-4-10(6-13-5-9)7-14-8-11-2-3-12(16)15-11/h4-6,11,14H,2-3,7-8H2,1H3,(H,15,16). The highest BCUT2D eigenvalue weighted by molar-refractivity contribution is 5.78. The van der Waals surface area contributed by atoms with Crippen molar-refractivity contribution < 1.29 is 4.79 Å². The Hall–Kier alpha value is -1.42. The van der Waals surface area contributed by atoms with Crippen molar-refractivity contribution in [3.63, 3.8) is 0 Å². The maximum Gasteiger partial charge on any atom is 0.220 e. The molecule has 1 aliphatic heterocycles. The quantitative estimate of drug-likeness (QED) is 0.786. The molecule has 16 heavy (non-hydrogen) atoms. The van der Waals surface area contributed by atoms with E-state index < -0.39 is 0 Å². The van der Waals surface area contributed by atoms with Crippen LogP contribution in [0.25, 0.3) is 0 Å². The predicted molar refractivity (Wildman–Crippen MR) is 61.8 cm³/mol. The van der Waals surface area contributed by atoms with Gasteiger partial charge in [0, 0.05) is 37.9 Å². The molecule has 1 atom stereocenters. The molecule has 0 aromatic carbocycles. The zero-order valence-corrected chi connectivity index (χ0v) is 9.49. The van der Waals surface area contributed by atoms with Crippen molar-refractivity contribution in [3.05, 3.63) is 29.6 Å². The van der Waals surface area contributed by atoms with E-state index in [1.165, 1.54) is 11.1 Å². The molecule has 1 unspecified atom stereocenters. The Labute approximate surface area is 95.5 Å². The van der Waals surface area contributed by atoms with Gasteiger partial charge in [0.15, 0.2) is 0 Å². The van der Waals surface area contributed by atoms with Crippen LogP contribution in [0.4, 0.5) is 0 Å². The molecule has 0 spiro atoms. The number of rotatable bonds is 4. The number of hydrogen-bond donors (Lipinski definition) is 2. The highest BCUT2D eigenvalue weighted by Crippen LogP contribution is 2.06. The Kier molecular flexibility index (Phi) is 3.51. The fourth-order valence-corrected chi connectivity index (χ4v) is 1.94. The highest BCUT2D eigenvalue weighted by atomic mass is 16.1. The molecule has 4 nitrogen and oxygen atoms in total. The second kappa shape index (κ2) is 5.07. The summed E-state index contributed by atoms with van der Waals surface area (Å²) in [6.07, 6.45) is 5.32. The Bertz CT molecular complexity index is 378. The number of aryl methyl sites for hydroxylation is 1. The van der Waals surface area contributed by atoms with Gasteiger partial charge < -0.3 is 10.6 Å². The summed E-state index contributed by atoms with van der Waals surface area (Å²) in [5.41, 5.74) is 2.36. The summed E-state index contributed by atoms with van der Waals surface area (Å²) in [5.74, 6) is 0.170. The third-order valence-electron chi connectivity index (χ3n) is 2.74. The molecule has 0 saturated carbocycles. The molecule has 2 N–H and O–H groups in total. The van der Waals surface area contributed by atoms with Gasteiger partial charge in [0.25, 0.3) is 0 Å². The van der Waals surface area contributed by atoms with Crippen molar-refractivity contribution >= 4 is 5.91 Å². The Morgan fingerprint density at radius 1 is 1.56 bits per heavy atom. The first kappa shape index (κ1) is 11.1. The highest BCUT2D eigenvalue weighted by Gasteiger charge is 2.19. The van der Waals surface area contributed by atoms with E-state index in [4.69, 9.17) is 0 Å². The number of amides is 1. The van der Waals surface area contributed by atoms with Gasteiger partial charge in [-0.2, -0.15) is 0 Å². The van der Waals surface area contributed by atoms with E-state index in [-0.39, 0.29) is 5.91 Å². The lowest BCUT2D eigenvalue weighted by molar-refractivity contribution is -0.119. The maximum absolute atomic E-state index is 11.0. The van der Waals surface area contributed by atoms with Gasteiger partial charge in [0.05, 0.1) is 0 Å². The lowest BCUT2D eigenvalue weighted by Crippen LogP contribution is -2.35. The number of carbonyl (C=O) groups is 1. The SMILES string of the molecule is Cc1cncc(CNCC2CCC(=O)N2)c1. The first-order chi connectivity index (χ1) is 7.74. The van der Waals surface area contributed by atoms with Gasteiger partial charge in [-0.1, -0.05) is 6.07 Å².